The molecule has 0 spiro atoms. The lowest BCUT2D eigenvalue weighted by atomic mass is 10.1. The van der Waals surface area contributed by atoms with Crippen LogP contribution in [-0.4, -0.2) is 6.54 Å². The Morgan fingerprint density at radius 3 is 2.80 bits per heavy atom. The van der Waals surface area contributed by atoms with Crippen molar-refractivity contribution in [3.63, 3.8) is 0 Å². The molecular formula is C12H17BrClN. The van der Waals surface area contributed by atoms with Crippen LogP contribution in [0.3, 0.4) is 0 Å². The van der Waals surface area contributed by atoms with E-state index in [1.54, 1.807) is 0 Å². The first-order valence-electron chi connectivity index (χ1n) is 5.32. The summed E-state index contributed by atoms with van der Waals surface area (Å²) in [7, 11) is 0. The first kappa shape index (κ1) is 12.9. The summed E-state index contributed by atoms with van der Waals surface area (Å²) in [6, 6.07) is 5.92. The Kier molecular flexibility index (Phi) is 5.48. The van der Waals surface area contributed by atoms with Gasteiger partial charge in [-0.2, -0.15) is 0 Å². The maximum Gasteiger partial charge on any atom is 0.0549 e. The Hall–Kier alpha value is -0.210. The molecule has 1 rings (SSSR count). The van der Waals surface area contributed by atoms with Crippen LogP contribution in [0.1, 0.15) is 26.7 Å². The van der Waals surface area contributed by atoms with Crippen molar-refractivity contribution in [1.82, 2.24) is 0 Å². The molecule has 84 valence electrons. The van der Waals surface area contributed by atoms with Crippen molar-refractivity contribution in [1.29, 1.82) is 0 Å². The second-order valence-electron chi connectivity index (χ2n) is 3.90. The topological polar surface area (TPSA) is 12.0 Å². The summed E-state index contributed by atoms with van der Waals surface area (Å²) in [5, 5.41) is 4.16. The van der Waals surface area contributed by atoms with E-state index < -0.39 is 0 Å². The lowest BCUT2D eigenvalue weighted by Crippen LogP contribution is -2.10. The summed E-state index contributed by atoms with van der Waals surface area (Å²) in [4.78, 5) is 0. The maximum atomic E-state index is 5.92. The van der Waals surface area contributed by atoms with E-state index in [1.165, 1.54) is 12.8 Å². The fourth-order valence-electron chi connectivity index (χ4n) is 1.49. The van der Waals surface area contributed by atoms with Crippen LogP contribution in [-0.2, 0) is 0 Å². The van der Waals surface area contributed by atoms with Gasteiger partial charge in [0.15, 0.2) is 0 Å². The van der Waals surface area contributed by atoms with Crippen LogP contribution in [0.2, 0.25) is 5.02 Å². The van der Waals surface area contributed by atoms with E-state index in [0.29, 0.717) is 5.92 Å². The minimum absolute atomic E-state index is 0.712. The van der Waals surface area contributed by atoms with E-state index in [4.69, 9.17) is 11.6 Å². The van der Waals surface area contributed by atoms with Crippen LogP contribution in [0.4, 0.5) is 5.69 Å². The number of anilines is 1. The van der Waals surface area contributed by atoms with E-state index in [0.717, 1.165) is 21.7 Å². The number of hydrogen-bond acceptors (Lipinski definition) is 1. The lowest BCUT2D eigenvalue weighted by Gasteiger charge is -2.12. The summed E-state index contributed by atoms with van der Waals surface area (Å²) in [5.74, 6) is 0.712. The van der Waals surface area contributed by atoms with Gasteiger partial charge in [-0.1, -0.05) is 31.9 Å². The molecule has 1 aromatic rings. The Morgan fingerprint density at radius 1 is 1.47 bits per heavy atom. The van der Waals surface area contributed by atoms with Crippen molar-refractivity contribution in [3.8, 4) is 0 Å². The molecule has 0 radical (unpaired) electrons. The third kappa shape index (κ3) is 4.43. The van der Waals surface area contributed by atoms with Crippen molar-refractivity contribution in [2.24, 2.45) is 5.92 Å². The largest absolute Gasteiger partial charge is 0.385 e. The van der Waals surface area contributed by atoms with Crippen LogP contribution in [0.25, 0.3) is 0 Å². The van der Waals surface area contributed by atoms with Gasteiger partial charge in [0.1, 0.15) is 0 Å². The first-order chi connectivity index (χ1) is 7.13. The van der Waals surface area contributed by atoms with Crippen LogP contribution >= 0.6 is 27.5 Å². The Labute approximate surface area is 105 Å². The molecule has 0 bridgehead atoms. The Balaban J connectivity index is 2.47. The zero-order valence-electron chi connectivity index (χ0n) is 9.19. The monoisotopic (exact) mass is 289 g/mol. The number of halogens is 2. The van der Waals surface area contributed by atoms with Gasteiger partial charge in [-0.05, 0) is 46.5 Å². The number of hydrogen-bond donors (Lipinski definition) is 1. The fraction of sp³-hybridized carbons (Fsp3) is 0.500. The Morgan fingerprint density at radius 2 is 2.20 bits per heavy atom. The third-order valence-corrected chi connectivity index (χ3v) is 3.57. The zero-order valence-corrected chi connectivity index (χ0v) is 11.5. The summed E-state index contributed by atoms with van der Waals surface area (Å²) in [6.07, 6.45) is 2.51. The minimum Gasteiger partial charge on any atom is -0.385 e. The SMILES string of the molecule is CCCC(C)CNc1ccc(Cl)c(Br)c1. The molecular weight excluding hydrogens is 273 g/mol. The average Bonchev–Trinajstić information content (AvgIpc) is 2.20. The highest BCUT2D eigenvalue weighted by atomic mass is 79.9. The van der Waals surface area contributed by atoms with Crippen molar-refractivity contribution in [2.75, 3.05) is 11.9 Å². The van der Waals surface area contributed by atoms with E-state index in [1.807, 2.05) is 18.2 Å². The standard InChI is InChI=1S/C12H17BrClN/c1-3-4-9(2)8-15-10-5-6-12(14)11(13)7-10/h5-7,9,15H,3-4,8H2,1-2H3. The first-order valence-corrected chi connectivity index (χ1v) is 6.49. The van der Waals surface area contributed by atoms with Crippen LogP contribution in [0.15, 0.2) is 22.7 Å². The summed E-state index contributed by atoms with van der Waals surface area (Å²) >= 11 is 9.33. The lowest BCUT2D eigenvalue weighted by molar-refractivity contribution is 0.551. The second-order valence-corrected chi connectivity index (χ2v) is 5.17. The average molecular weight is 291 g/mol. The molecule has 0 aromatic heterocycles. The predicted molar refractivity (Wildman–Crippen MR) is 71.7 cm³/mol. The molecule has 0 heterocycles. The van der Waals surface area contributed by atoms with Crippen LogP contribution < -0.4 is 5.32 Å². The molecule has 0 saturated carbocycles. The molecule has 1 N–H and O–H groups in total. The van der Waals surface area contributed by atoms with Crippen molar-refractivity contribution in [2.45, 2.75) is 26.7 Å². The van der Waals surface area contributed by atoms with Crippen molar-refractivity contribution in [3.05, 3.63) is 27.7 Å². The number of benzene rings is 1. The summed E-state index contributed by atoms with van der Waals surface area (Å²) in [6.45, 7) is 5.50. The highest BCUT2D eigenvalue weighted by Crippen LogP contribution is 2.25. The summed E-state index contributed by atoms with van der Waals surface area (Å²) in [5.41, 5.74) is 1.12. The third-order valence-electron chi connectivity index (χ3n) is 2.36. The van der Waals surface area contributed by atoms with Gasteiger partial charge in [0, 0.05) is 16.7 Å². The minimum atomic E-state index is 0.712. The molecule has 1 unspecified atom stereocenters. The zero-order chi connectivity index (χ0) is 11.3. The van der Waals surface area contributed by atoms with Gasteiger partial charge >= 0.3 is 0 Å². The smallest absolute Gasteiger partial charge is 0.0549 e. The molecule has 0 amide bonds. The predicted octanol–water partition coefficient (Wildman–Crippen LogP) is 4.95. The molecule has 1 atom stereocenters. The molecule has 0 aliphatic carbocycles. The van der Waals surface area contributed by atoms with Gasteiger partial charge in [-0.3, -0.25) is 0 Å². The Bertz CT molecular complexity index is 314. The van der Waals surface area contributed by atoms with Gasteiger partial charge in [0.25, 0.3) is 0 Å². The van der Waals surface area contributed by atoms with Crippen LogP contribution in [0, 0.1) is 5.92 Å². The van der Waals surface area contributed by atoms with Gasteiger partial charge < -0.3 is 5.32 Å². The van der Waals surface area contributed by atoms with Gasteiger partial charge in [0.05, 0.1) is 5.02 Å². The van der Waals surface area contributed by atoms with Gasteiger partial charge in [-0.15, -0.1) is 0 Å². The molecule has 3 heteroatoms. The number of rotatable bonds is 5. The molecule has 15 heavy (non-hydrogen) atoms. The summed E-state index contributed by atoms with van der Waals surface area (Å²) < 4.78 is 0.942. The molecule has 1 nitrogen and oxygen atoms in total. The molecule has 0 saturated heterocycles. The highest BCUT2D eigenvalue weighted by Gasteiger charge is 2.02. The van der Waals surface area contributed by atoms with Gasteiger partial charge in [0.2, 0.25) is 0 Å². The second kappa shape index (κ2) is 6.39. The molecule has 1 aromatic carbocycles. The highest BCUT2D eigenvalue weighted by molar-refractivity contribution is 9.10. The van der Waals surface area contributed by atoms with Crippen LogP contribution in [0.5, 0.6) is 0 Å². The van der Waals surface area contributed by atoms with E-state index in [2.05, 4.69) is 35.1 Å². The normalized spacial score (nSPS) is 12.5. The number of nitrogens with one attached hydrogen (secondary N) is 1. The van der Waals surface area contributed by atoms with E-state index >= 15 is 0 Å². The maximum absolute atomic E-state index is 5.92. The van der Waals surface area contributed by atoms with Crippen molar-refractivity contribution < 1.29 is 0 Å². The van der Waals surface area contributed by atoms with Crippen molar-refractivity contribution >= 4 is 33.2 Å². The molecule has 0 aliphatic rings. The van der Waals surface area contributed by atoms with E-state index in [-0.39, 0.29) is 0 Å². The van der Waals surface area contributed by atoms with Gasteiger partial charge in [-0.25, -0.2) is 0 Å². The fourth-order valence-corrected chi connectivity index (χ4v) is 1.99. The molecule has 0 fully saturated rings. The van der Waals surface area contributed by atoms with E-state index in [9.17, 15) is 0 Å². The molecule has 0 aliphatic heterocycles. The quantitative estimate of drug-likeness (QED) is 0.809.